The summed E-state index contributed by atoms with van der Waals surface area (Å²) >= 11 is 1.40. The molecule has 1 atom stereocenters. The third-order valence-electron chi connectivity index (χ3n) is 6.19. The number of aryl methyl sites for hydroxylation is 2. The van der Waals surface area contributed by atoms with Crippen molar-refractivity contribution in [2.45, 2.75) is 52.5 Å². The van der Waals surface area contributed by atoms with Crippen LogP contribution in [0.2, 0.25) is 0 Å². The number of aliphatic imine (C=N–C) groups is 1. The highest BCUT2D eigenvalue weighted by Gasteiger charge is 2.34. The zero-order chi connectivity index (χ0) is 21.6. The topological polar surface area (TPSA) is 44.7 Å². The highest BCUT2D eigenvalue weighted by Crippen LogP contribution is 2.44. The van der Waals surface area contributed by atoms with Gasteiger partial charge in [0.15, 0.2) is 5.17 Å². The van der Waals surface area contributed by atoms with Gasteiger partial charge in [-0.3, -0.25) is 4.79 Å². The van der Waals surface area contributed by atoms with Gasteiger partial charge in [0.1, 0.15) is 0 Å². The largest absolute Gasteiger partial charge is 0.369 e. The predicted molar refractivity (Wildman–Crippen MR) is 129 cm³/mol. The lowest BCUT2D eigenvalue weighted by Crippen LogP contribution is -2.45. The normalized spacial score (nSPS) is 23.1. The van der Waals surface area contributed by atoms with Crippen LogP contribution in [0.25, 0.3) is 6.08 Å². The molecule has 2 aliphatic rings. The van der Waals surface area contributed by atoms with Gasteiger partial charge in [-0.15, -0.1) is 0 Å². The molecule has 1 fully saturated rings. The summed E-state index contributed by atoms with van der Waals surface area (Å²) < 4.78 is 0. The van der Waals surface area contributed by atoms with Gasteiger partial charge in [0, 0.05) is 18.3 Å². The average Bonchev–Trinajstić information content (AvgIpc) is 2.99. The van der Waals surface area contributed by atoms with E-state index in [1.807, 2.05) is 37.3 Å². The fourth-order valence-corrected chi connectivity index (χ4v) is 5.16. The zero-order valence-corrected chi connectivity index (χ0v) is 19.4. The SMILES string of the molecule is Cc1cccc(N=C2NC(=O)/C(=C/c3cc4c(cc3C)N(C)C(C)(C)CC4C)S2)c1. The summed E-state index contributed by atoms with van der Waals surface area (Å²) in [6, 6.07) is 12.5. The quantitative estimate of drug-likeness (QED) is 0.615. The molecule has 1 N–H and O–H groups in total. The number of anilines is 1. The molecule has 4 nitrogen and oxygen atoms in total. The van der Waals surface area contributed by atoms with Crippen molar-refractivity contribution in [1.82, 2.24) is 5.32 Å². The Labute approximate surface area is 183 Å². The molecule has 0 spiro atoms. The molecule has 2 aromatic carbocycles. The molecule has 1 saturated heterocycles. The highest BCUT2D eigenvalue weighted by atomic mass is 32.2. The maximum Gasteiger partial charge on any atom is 0.264 e. The Bertz CT molecular complexity index is 1080. The van der Waals surface area contributed by atoms with Crippen LogP contribution in [0.3, 0.4) is 0 Å². The van der Waals surface area contributed by atoms with E-state index < -0.39 is 0 Å². The van der Waals surface area contributed by atoms with E-state index in [4.69, 9.17) is 0 Å². The van der Waals surface area contributed by atoms with Crippen molar-refractivity contribution in [2.24, 2.45) is 4.99 Å². The maximum absolute atomic E-state index is 12.6. The first-order valence-corrected chi connectivity index (χ1v) is 11.2. The lowest BCUT2D eigenvalue weighted by molar-refractivity contribution is -0.115. The molecule has 2 heterocycles. The molecule has 5 heteroatoms. The Kier molecular flexibility index (Phi) is 5.27. The Hall–Kier alpha value is -2.53. The molecule has 2 aromatic rings. The average molecular weight is 420 g/mol. The molecule has 1 amide bonds. The Morgan fingerprint density at radius 2 is 2.00 bits per heavy atom. The minimum Gasteiger partial charge on any atom is -0.369 e. The molecule has 156 valence electrons. The lowest BCUT2D eigenvalue weighted by atomic mass is 9.79. The van der Waals surface area contributed by atoms with Crippen LogP contribution in [-0.2, 0) is 4.79 Å². The van der Waals surface area contributed by atoms with Gasteiger partial charge in [-0.25, -0.2) is 4.99 Å². The van der Waals surface area contributed by atoms with Gasteiger partial charge in [-0.2, -0.15) is 0 Å². The number of rotatable bonds is 2. The monoisotopic (exact) mass is 419 g/mol. The van der Waals surface area contributed by atoms with Crippen molar-refractivity contribution in [2.75, 3.05) is 11.9 Å². The molecule has 0 aliphatic carbocycles. The molecule has 0 aromatic heterocycles. The number of carbonyl (C=O) groups excluding carboxylic acids is 1. The molecule has 0 bridgehead atoms. The molecular weight excluding hydrogens is 390 g/mol. The van der Waals surface area contributed by atoms with Gasteiger partial charge in [0.25, 0.3) is 5.91 Å². The number of nitrogens with zero attached hydrogens (tertiary/aromatic N) is 2. The first kappa shape index (κ1) is 20.7. The number of nitrogens with one attached hydrogen (secondary N) is 1. The summed E-state index contributed by atoms with van der Waals surface area (Å²) in [6.07, 6.45) is 3.11. The fourth-order valence-electron chi connectivity index (χ4n) is 4.33. The number of hydrogen-bond donors (Lipinski definition) is 1. The number of hydrogen-bond acceptors (Lipinski definition) is 4. The van der Waals surface area contributed by atoms with Crippen molar-refractivity contribution >= 4 is 40.3 Å². The summed E-state index contributed by atoms with van der Waals surface area (Å²) in [7, 11) is 2.18. The van der Waals surface area contributed by atoms with Gasteiger partial charge in [-0.05, 0) is 104 Å². The number of amidine groups is 1. The number of benzene rings is 2. The van der Waals surface area contributed by atoms with Gasteiger partial charge < -0.3 is 10.2 Å². The van der Waals surface area contributed by atoms with Crippen LogP contribution in [0, 0.1) is 13.8 Å². The number of fused-ring (bicyclic) bond motifs is 1. The first-order chi connectivity index (χ1) is 14.1. The predicted octanol–water partition coefficient (Wildman–Crippen LogP) is 5.92. The van der Waals surface area contributed by atoms with E-state index in [2.05, 4.69) is 62.1 Å². The smallest absolute Gasteiger partial charge is 0.264 e. The van der Waals surface area contributed by atoms with E-state index in [1.165, 1.54) is 28.6 Å². The minimum absolute atomic E-state index is 0.0881. The van der Waals surface area contributed by atoms with E-state index in [-0.39, 0.29) is 11.4 Å². The summed E-state index contributed by atoms with van der Waals surface area (Å²) in [6.45, 7) is 11.0. The fraction of sp³-hybridized carbons (Fsp3) is 0.360. The van der Waals surface area contributed by atoms with Crippen LogP contribution < -0.4 is 10.2 Å². The van der Waals surface area contributed by atoms with E-state index >= 15 is 0 Å². The van der Waals surface area contributed by atoms with E-state index in [1.54, 1.807) is 0 Å². The van der Waals surface area contributed by atoms with Crippen molar-refractivity contribution in [3.8, 4) is 0 Å². The van der Waals surface area contributed by atoms with Gasteiger partial charge in [0.05, 0.1) is 10.6 Å². The van der Waals surface area contributed by atoms with Crippen LogP contribution in [0.1, 0.15) is 55.4 Å². The Morgan fingerprint density at radius 1 is 1.23 bits per heavy atom. The third kappa shape index (κ3) is 3.91. The van der Waals surface area contributed by atoms with Crippen molar-refractivity contribution < 1.29 is 4.79 Å². The summed E-state index contributed by atoms with van der Waals surface area (Å²) in [5, 5.41) is 3.53. The van der Waals surface area contributed by atoms with Gasteiger partial charge >= 0.3 is 0 Å². The summed E-state index contributed by atoms with van der Waals surface area (Å²) in [5.74, 6) is 0.391. The molecule has 0 radical (unpaired) electrons. The maximum atomic E-state index is 12.6. The second kappa shape index (κ2) is 7.62. The first-order valence-electron chi connectivity index (χ1n) is 10.4. The van der Waals surface area contributed by atoms with Crippen LogP contribution in [0.5, 0.6) is 0 Å². The highest BCUT2D eigenvalue weighted by molar-refractivity contribution is 8.18. The molecule has 2 aliphatic heterocycles. The molecule has 30 heavy (non-hydrogen) atoms. The van der Waals surface area contributed by atoms with Crippen LogP contribution in [-0.4, -0.2) is 23.7 Å². The standard InChI is InChI=1S/C25H29N3OS/c1-15-8-7-9-19(10-15)26-24-27-23(29)22(30-24)13-18-12-20-17(3)14-25(4,5)28(6)21(20)11-16(18)2/h7-13,17H,14H2,1-6H3,(H,26,27,29)/b22-13-. The molecule has 0 saturated carbocycles. The second-order valence-corrected chi connectivity index (χ2v) is 10.1. The van der Waals surface area contributed by atoms with Gasteiger partial charge in [0.2, 0.25) is 0 Å². The van der Waals surface area contributed by atoms with Crippen molar-refractivity contribution in [3.05, 3.63) is 63.6 Å². The summed E-state index contributed by atoms with van der Waals surface area (Å²) in [4.78, 5) is 20.2. The number of amides is 1. The van der Waals surface area contributed by atoms with Crippen molar-refractivity contribution in [1.29, 1.82) is 0 Å². The zero-order valence-electron chi connectivity index (χ0n) is 18.5. The van der Waals surface area contributed by atoms with Gasteiger partial charge in [-0.1, -0.05) is 19.1 Å². The second-order valence-electron chi connectivity index (χ2n) is 9.06. The van der Waals surface area contributed by atoms with Crippen molar-refractivity contribution in [3.63, 3.8) is 0 Å². The van der Waals surface area contributed by atoms with Crippen LogP contribution in [0.15, 0.2) is 46.3 Å². The molecule has 1 unspecified atom stereocenters. The molecular formula is C25H29N3OS. The summed E-state index contributed by atoms with van der Waals surface area (Å²) in [5.41, 5.74) is 7.06. The van der Waals surface area contributed by atoms with E-state index in [0.717, 1.165) is 23.2 Å². The van der Waals surface area contributed by atoms with E-state index in [0.29, 0.717) is 16.0 Å². The Balaban J connectivity index is 1.66. The van der Waals surface area contributed by atoms with Crippen LogP contribution >= 0.6 is 11.8 Å². The minimum atomic E-state index is -0.0881. The number of thioether (sulfide) groups is 1. The molecule has 4 rings (SSSR count). The Morgan fingerprint density at radius 3 is 2.73 bits per heavy atom. The van der Waals surface area contributed by atoms with E-state index in [9.17, 15) is 4.79 Å². The lowest BCUT2D eigenvalue weighted by Gasteiger charge is -2.45. The van der Waals surface area contributed by atoms with Crippen LogP contribution in [0.4, 0.5) is 11.4 Å². The number of carbonyl (C=O) groups is 1. The third-order valence-corrected chi connectivity index (χ3v) is 7.10.